The van der Waals surface area contributed by atoms with E-state index in [9.17, 15) is 4.79 Å². The smallest absolute Gasteiger partial charge is 0.222 e. The molecule has 1 aromatic heterocycles. The van der Waals surface area contributed by atoms with Crippen molar-refractivity contribution in [3.63, 3.8) is 0 Å². The van der Waals surface area contributed by atoms with Crippen molar-refractivity contribution in [2.45, 2.75) is 32.1 Å². The molecule has 0 bridgehead atoms. The number of carbonyl (C=O) groups excluding carboxylic acids is 1. The van der Waals surface area contributed by atoms with E-state index in [0.29, 0.717) is 12.3 Å². The highest BCUT2D eigenvalue weighted by Gasteiger charge is 2.22. The molecular weight excluding hydrogens is 327 g/mol. The number of aryl methyl sites for hydroxylation is 1. The maximum Gasteiger partial charge on any atom is 0.222 e. The van der Waals surface area contributed by atoms with Crippen LogP contribution in [0.25, 0.3) is 0 Å². The van der Waals surface area contributed by atoms with Crippen molar-refractivity contribution in [3.8, 4) is 0 Å². The standard InChI is InChI=1S/C15H23ClN2OS.ClH/c1-17-7-4-12-5-8-18(9-6-12)15(19)3-2-14-10-13(16)11-20-14;/h10-12,17H,2-9H2,1H3;1H. The molecule has 2 heterocycles. The van der Waals surface area contributed by atoms with Gasteiger partial charge in [-0.05, 0) is 51.3 Å². The molecule has 2 rings (SSSR count). The maximum absolute atomic E-state index is 12.2. The van der Waals surface area contributed by atoms with Crippen LogP contribution in [0.3, 0.4) is 0 Å². The van der Waals surface area contributed by atoms with Gasteiger partial charge >= 0.3 is 0 Å². The first-order chi connectivity index (χ1) is 9.69. The zero-order valence-corrected chi connectivity index (χ0v) is 14.8. The number of nitrogens with one attached hydrogen (secondary N) is 1. The van der Waals surface area contributed by atoms with E-state index < -0.39 is 0 Å². The molecular formula is C15H24Cl2N2OS. The molecule has 1 saturated heterocycles. The molecule has 0 saturated carbocycles. The van der Waals surface area contributed by atoms with E-state index in [1.165, 1.54) is 11.3 Å². The fraction of sp³-hybridized carbons (Fsp3) is 0.667. The van der Waals surface area contributed by atoms with Crippen molar-refractivity contribution in [2.24, 2.45) is 5.92 Å². The number of hydrogen-bond acceptors (Lipinski definition) is 3. The summed E-state index contributed by atoms with van der Waals surface area (Å²) < 4.78 is 0. The van der Waals surface area contributed by atoms with Gasteiger partial charge in [-0.2, -0.15) is 0 Å². The van der Waals surface area contributed by atoms with Crippen LogP contribution in [0.2, 0.25) is 5.02 Å². The van der Waals surface area contributed by atoms with Gasteiger partial charge < -0.3 is 10.2 Å². The maximum atomic E-state index is 12.2. The number of thiophene rings is 1. The van der Waals surface area contributed by atoms with Gasteiger partial charge in [0.15, 0.2) is 0 Å². The van der Waals surface area contributed by atoms with E-state index >= 15 is 0 Å². The average molecular weight is 351 g/mol. The molecule has 21 heavy (non-hydrogen) atoms. The summed E-state index contributed by atoms with van der Waals surface area (Å²) in [4.78, 5) is 15.4. The van der Waals surface area contributed by atoms with Crippen molar-refractivity contribution in [1.82, 2.24) is 10.2 Å². The number of hydrogen-bond donors (Lipinski definition) is 1. The van der Waals surface area contributed by atoms with Gasteiger partial charge in [0, 0.05) is 29.8 Å². The van der Waals surface area contributed by atoms with Crippen LogP contribution in [0.1, 0.15) is 30.6 Å². The highest BCUT2D eigenvalue weighted by atomic mass is 35.5. The number of rotatable bonds is 6. The topological polar surface area (TPSA) is 32.3 Å². The molecule has 1 aliphatic rings. The molecule has 0 unspecified atom stereocenters. The minimum Gasteiger partial charge on any atom is -0.343 e. The van der Waals surface area contributed by atoms with E-state index in [4.69, 9.17) is 11.6 Å². The predicted molar refractivity (Wildman–Crippen MR) is 92.7 cm³/mol. The molecule has 0 atom stereocenters. The molecule has 3 nitrogen and oxygen atoms in total. The van der Waals surface area contributed by atoms with Crippen LogP contribution in [0.4, 0.5) is 0 Å². The van der Waals surface area contributed by atoms with Crippen LogP contribution in [0, 0.1) is 5.92 Å². The number of amides is 1. The summed E-state index contributed by atoms with van der Waals surface area (Å²) in [5, 5.41) is 5.90. The summed E-state index contributed by atoms with van der Waals surface area (Å²) in [5.74, 6) is 1.07. The third kappa shape index (κ3) is 6.15. The Labute approximate surface area is 142 Å². The predicted octanol–water partition coefficient (Wildman–Crippen LogP) is 3.60. The first-order valence-corrected chi connectivity index (χ1v) is 8.60. The summed E-state index contributed by atoms with van der Waals surface area (Å²) in [6, 6.07) is 1.96. The molecule has 0 spiro atoms. The third-order valence-corrected chi connectivity index (χ3v) is 5.32. The lowest BCUT2D eigenvalue weighted by Crippen LogP contribution is -2.39. The molecule has 0 aliphatic carbocycles. The van der Waals surface area contributed by atoms with Gasteiger partial charge in [0.05, 0.1) is 5.02 Å². The van der Waals surface area contributed by atoms with Gasteiger partial charge in [0.1, 0.15) is 0 Å². The van der Waals surface area contributed by atoms with Crippen LogP contribution in [0.5, 0.6) is 0 Å². The van der Waals surface area contributed by atoms with Crippen LogP contribution in [0.15, 0.2) is 11.4 Å². The summed E-state index contributed by atoms with van der Waals surface area (Å²) in [7, 11) is 2.00. The Hall–Kier alpha value is -0.290. The lowest BCUT2D eigenvalue weighted by molar-refractivity contribution is -0.132. The number of likely N-dealkylation sites (tertiary alicyclic amines) is 1. The first-order valence-electron chi connectivity index (χ1n) is 7.34. The molecule has 1 N–H and O–H groups in total. The van der Waals surface area contributed by atoms with Crippen LogP contribution >= 0.6 is 35.3 Å². The number of piperidine rings is 1. The summed E-state index contributed by atoms with van der Waals surface area (Å²) >= 11 is 7.53. The minimum atomic E-state index is 0. The molecule has 1 fully saturated rings. The second-order valence-electron chi connectivity index (χ2n) is 5.45. The molecule has 0 radical (unpaired) electrons. The van der Waals surface area contributed by atoms with Gasteiger partial charge in [-0.3, -0.25) is 4.79 Å². The van der Waals surface area contributed by atoms with E-state index in [1.54, 1.807) is 11.3 Å². The van der Waals surface area contributed by atoms with E-state index in [1.807, 2.05) is 23.4 Å². The van der Waals surface area contributed by atoms with Crippen LogP contribution < -0.4 is 5.32 Å². The molecule has 120 valence electrons. The lowest BCUT2D eigenvalue weighted by Gasteiger charge is -2.32. The summed E-state index contributed by atoms with van der Waals surface area (Å²) in [5.41, 5.74) is 0. The van der Waals surface area contributed by atoms with Crippen molar-refractivity contribution in [1.29, 1.82) is 0 Å². The number of nitrogens with zero attached hydrogens (tertiary/aromatic N) is 1. The van der Waals surface area contributed by atoms with Crippen molar-refractivity contribution < 1.29 is 4.79 Å². The van der Waals surface area contributed by atoms with E-state index in [-0.39, 0.29) is 12.4 Å². The van der Waals surface area contributed by atoms with Crippen molar-refractivity contribution in [2.75, 3.05) is 26.7 Å². The molecule has 0 aromatic carbocycles. The van der Waals surface area contributed by atoms with Gasteiger partial charge in [-0.15, -0.1) is 23.7 Å². The Bertz CT molecular complexity index is 431. The van der Waals surface area contributed by atoms with Gasteiger partial charge in [0.2, 0.25) is 5.91 Å². The van der Waals surface area contributed by atoms with Crippen molar-refractivity contribution >= 4 is 41.3 Å². The largest absolute Gasteiger partial charge is 0.343 e. The Balaban J connectivity index is 0.00000220. The monoisotopic (exact) mass is 350 g/mol. The van der Waals surface area contributed by atoms with Gasteiger partial charge in [-0.1, -0.05) is 11.6 Å². The Morgan fingerprint density at radius 2 is 2.19 bits per heavy atom. The first kappa shape index (κ1) is 18.8. The average Bonchev–Trinajstić information content (AvgIpc) is 2.89. The Kier molecular flexibility index (Phi) is 8.64. The second kappa shape index (κ2) is 9.67. The highest BCUT2D eigenvalue weighted by Crippen LogP contribution is 2.23. The SMILES string of the molecule is CNCCC1CCN(C(=O)CCc2cc(Cl)cs2)CC1.Cl. The van der Waals surface area contributed by atoms with E-state index in [2.05, 4.69) is 5.32 Å². The molecule has 1 aromatic rings. The second-order valence-corrected chi connectivity index (χ2v) is 6.88. The Morgan fingerprint density at radius 3 is 2.76 bits per heavy atom. The zero-order chi connectivity index (χ0) is 14.4. The zero-order valence-electron chi connectivity index (χ0n) is 12.4. The third-order valence-electron chi connectivity index (χ3n) is 3.98. The van der Waals surface area contributed by atoms with Crippen molar-refractivity contribution in [3.05, 3.63) is 21.3 Å². The number of halogens is 2. The fourth-order valence-electron chi connectivity index (χ4n) is 2.69. The van der Waals surface area contributed by atoms with Gasteiger partial charge in [0.25, 0.3) is 0 Å². The van der Waals surface area contributed by atoms with E-state index in [0.717, 1.165) is 49.8 Å². The normalized spacial score (nSPS) is 15.8. The lowest BCUT2D eigenvalue weighted by atomic mass is 9.93. The highest BCUT2D eigenvalue weighted by molar-refractivity contribution is 7.10. The quantitative estimate of drug-likeness (QED) is 0.849. The Morgan fingerprint density at radius 1 is 1.48 bits per heavy atom. The van der Waals surface area contributed by atoms with Crippen LogP contribution in [-0.4, -0.2) is 37.5 Å². The summed E-state index contributed by atoms with van der Waals surface area (Å²) in [6.07, 6.45) is 4.96. The minimum absolute atomic E-state index is 0. The number of carbonyl (C=O) groups is 1. The van der Waals surface area contributed by atoms with Crippen LogP contribution in [-0.2, 0) is 11.2 Å². The molecule has 1 amide bonds. The van der Waals surface area contributed by atoms with Gasteiger partial charge in [-0.25, -0.2) is 0 Å². The molecule has 6 heteroatoms. The molecule has 1 aliphatic heterocycles. The summed E-state index contributed by atoms with van der Waals surface area (Å²) in [6.45, 7) is 2.94. The fourth-order valence-corrected chi connectivity index (χ4v) is 3.77.